The molecule has 3 fully saturated rings. The number of carbonyl (C=O) groups is 1. The smallest absolute Gasteiger partial charge is 0.220 e. The highest BCUT2D eigenvalue weighted by atomic mass is 16.8. The van der Waals surface area contributed by atoms with E-state index in [1.807, 2.05) is 6.08 Å². The van der Waals surface area contributed by atoms with Crippen molar-refractivity contribution in [2.45, 2.75) is 362 Å². The summed E-state index contributed by atoms with van der Waals surface area (Å²) in [4.78, 5) is 13.3. The Balaban J connectivity index is 1.27. The zero-order valence-electron chi connectivity index (χ0n) is 53.8. The maximum Gasteiger partial charge on any atom is 0.220 e. The molecule has 0 aromatic rings. The van der Waals surface area contributed by atoms with Gasteiger partial charge < -0.3 is 89.9 Å². The molecule has 3 aliphatic heterocycles. The molecule has 3 aliphatic rings. The van der Waals surface area contributed by atoms with E-state index in [2.05, 4.69) is 43.5 Å². The van der Waals surface area contributed by atoms with E-state index < -0.39 is 124 Å². The number of allylic oxidation sites excluding steroid dienone is 5. The van der Waals surface area contributed by atoms with Gasteiger partial charge in [0, 0.05) is 6.42 Å². The fraction of sp³-hybridized carbons (Fsp3) is 0.897. The molecular weight excluding hydrogens is 1120 g/mol. The third kappa shape index (κ3) is 32.9. The summed E-state index contributed by atoms with van der Waals surface area (Å²) < 4.78 is 34.2. The van der Waals surface area contributed by atoms with Crippen molar-refractivity contribution in [3.05, 3.63) is 36.5 Å². The van der Waals surface area contributed by atoms with Gasteiger partial charge in [-0.1, -0.05) is 237 Å². The zero-order valence-corrected chi connectivity index (χ0v) is 53.8. The number of rotatable bonds is 53. The Morgan fingerprint density at radius 3 is 1.20 bits per heavy atom. The molecule has 0 aromatic heterocycles. The number of aliphatic hydroxyl groups is 11. The molecule has 17 atom stereocenters. The summed E-state index contributed by atoms with van der Waals surface area (Å²) in [6.45, 7) is 1.59. The van der Waals surface area contributed by atoms with Crippen LogP contribution in [-0.4, -0.2) is 193 Å². The van der Waals surface area contributed by atoms with Crippen molar-refractivity contribution in [2.75, 3.05) is 26.4 Å². The molecule has 17 unspecified atom stereocenters. The predicted molar refractivity (Wildman–Crippen MR) is 337 cm³/mol. The molecule has 1 amide bonds. The quantitative estimate of drug-likeness (QED) is 0.0200. The molecule has 87 heavy (non-hydrogen) atoms. The molecule has 0 spiro atoms. The molecule has 3 rings (SSSR count). The Kier molecular flexibility index (Phi) is 46.0. The molecule has 19 nitrogen and oxygen atoms in total. The molecule has 0 saturated carbocycles. The molecule has 0 aliphatic carbocycles. The number of hydrogen-bond donors (Lipinski definition) is 12. The summed E-state index contributed by atoms with van der Waals surface area (Å²) in [6.07, 6.45) is 32.3. The lowest BCUT2D eigenvalue weighted by Gasteiger charge is -2.48. The van der Waals surface area contributed by atoms with Gasteiger partial charge in [0.15, 0.2) is 18.9 Å². The van der Waals surface area contributed by atoms with E-state index in [-0.39, 0.29) is 18.9 Å². The van der Waals surface area contributed by atoms with Gasteiger partial charge in [0.2, 0.25) is 5.91 Å². The van der Waals surface area contributed by atoms with E-state index in [1.165, 1.54) is 186 Å². The van der Waals surface area contributed by atoms with Crippen molar-refractivity contribution in [1.82, 2.24) is 5.32 Å². The highest BCUT2D eigenvalue weighted by Crippen LogP contribution is 2.33. The number of ether oxygens (including phenoxy) is 6. The predicted octanol–water partition coefficient (Wildman–Crippen LogP) is 8.83. The summed E-state index contributed by atoms with van der Waals surface area (Å²) in [7, 11) is 0. The van der Waals surface area contributed by atoms with Crippen LogP contribution in [0.2, 0.25) is 0 Å². The van der Waals surface area contributed by atoms with E-state index in [9.17, 15) is 61.0 Å². The average molecular weight is 1240 g/mol. The lowest BCUT2D eigenvalue weighted by Crippen LogP contribution is -2.66. The Labute approximate surface area is 523 Å². The van der Waals surface area contributed by atoms with Crippen LogP contribution in [0.5, 0.6) is 0 Å². The summed E-state index contributed by atoms with van der Waals surface area (Å²) >= 11 is 0. The molecule has 0 bridgehead atoms. The van der Waals surface area contributed by atoms with Gasteiger partial charge in [-0.25, -0.2) is 0 Å². The summed E-state index contributed by atoms with van der Waals surface area (Å²) in [5.41, 5.74) is 0. The lowest BCUT2D eigenvalue weighted by molar-refractivity contribution is -0.379. The first kappa shape index (κ1) is 79.2. The van der Waals surface area contributed by atoms with Gasteiger partial charge in [0.05, 0.1) is 38.6 Å². The highest BCUT2D eigenvalue weighted by Gasteiger charge is 2.53. The van der Waals surface area contributed by atoms with Gasteiger partial charge in [-0.15, -0.1) is 0 Å². The van der Waals surface area contributed by atoms with Crippen LogP contribution in [0, 0.1) is 0 Å². The Morgan fingerprint density at radius 2 is 0.759 bits per heavy atom. The van der Waals surface area contributed by atoms with Gasteiger partial charge in [-0.2, -0.15) is 0 Å². The second-order valence-corrected chi connectivity index (χ2v) is 25.0. The third-order valence-electron chi connectivity index (χ3n) is 17.4. The van der Waals surface area contributed by atoms with Gasteiger partial charge in [0.1, 0.15) is 73.2 Å². The van der Waals surface area contributed by atoms with Crippen molar-refractivity contribution in [2.24, 2.45) is 0 Å². The van der Waals surface area contributed by atoms with Crippen molar-refractivity contribution >= 4 is 5.91 Å². The third-order valence-corrected chi connectivity index (χ3v) is 17.4. The molecular formula is C68H125NO18. The Bertz CT molecular complexity index is 1720. The van der Waals surface area contributed by atoms with Crippen LogP contribution in [0.25, 0.3) is 0 Å². The van der Waals surface area contributed by atoms with Crippen LogP contribution in [-0.2, 0) is 33.2 Å². The summed E-state index contributed by atoms with van der Waals surface area (Å²) in [5, 5.41) is 120. The fourth-order valence-corrected chi connectivity index (χ4v) is 11.7. The van der Waals surface area contributed by atoms with E-state index in [0.29, 0.717) is 12.8 Å². The van der Waals surface area contributed by atoms with Gasteiger partial charge in [-0.05, 0) is 51.4 Å². The van der Waals surface area contributed by atoms with Crippen LogP contribution in [0.1, 0.15) is 258 Å². The van der Waals surface area contributed by atoms with E-state index in [1.54, 1.807) is 6.08 Å². The van der Waals surface area contributed by atoms with E-state index in [4.69, 9.17) is 28.4 Å². The van der Waals surface area contributed by atoms with Gasteiger partial charge >= 0.3 is 0 Å². The van der Waals surface area contributed by atoms with Crippen LogP contribution >= 0.6 is 0 Å². The van der Waals surface area contributed by atoms with Crippen LogP contribution in [0.4, 0.5) is 0 Å². The minimum atomic E-state index is -1.98. The van der Waals surface area contributed by atoms with Crippen LogP contribution in [0.15, 0.2) is 36.5 Å². The average Bonchev–Trinajstić information content (AvgIpc) is 3.72. The fourth-order valence-electron chi connectivity index (χ4n) is 11.7. The van der Waals surface area contributed by atoms with E-state index >= 15 is 0 Å². The largest absolute Gasteiger partial charge is 0.394 e. The molecule has 510 valence electrons. The van der Waals surface area contributed by atoms with E-state index in [0.717, 1.165) is 38.5 Å². The lowest BCUT2D eigenvalue weighted by atomic mass is 9.96. The number of aliphatic hydroxyl groups excluding tert-OH is 11. The molecule has 12 N–H and O–H groups in total. The molecule has 19 heteroatoms. The number of amides is 1. The van der Waals surface area contributed by atoms with Crippen molar-refractivity contribution < 1.29 is 89.4 Å². The number of nitrogens with one attached hydrogen (secondary N) is 1. The molecule has 0 aromatic carbocycles. The number of carbonyl (C=O) groups excluding carboxylic acids is 1. The minimum Gasteiger partial charge on any atom is -0.394 e. The maximum atomic E-state index is 13.3. The summed E-state index contributed by atoms with van der Waals surface area (Å²) in [5.74, 6) is -0.287. The SMILES string of the molecule is CCC/C=C/CC/C=C/C(O)C(COC1OC(CO)C(OC2OC(CO)C(OC3OC(CO)C(O)C(O)C3O)C(O)C2O)C(O)C1O)NC(=O)CCCCCCCCCCCCCCCCCCCCCCCCC/C=C\CCCCCCCCCC. The normalized spacial score (nSPS) is 28.8. The first-order chi connectivity index (χ1) is 42.3. The Morgan fingerprint density at radius 1 is 0.402 bits per heavy atom. The topological polar surface area (TPSA) is 307 Å². The number of unbranched alkanes of at least 4 members (excludes halogenated alkanes) is 33. The highest BCUT2D eigenvalue weighted by molar-refractivity contribution is 5.76. The van der Waals surface area contributed by atoms with Crippen molar-refractivity contribution in [3.63, 3.8) is 0 Å². The Hall–Kier alpha value is -1.99. The van der Waals surface area contributed by atoms with Gasteiger partial charge in [0.25, 0.3) is 0 Å². The van der Waals surface area contributed by atoms with Crippen molar-refractivity contribution in [1.29, 1.82) is 0 Å². The van der Waals surface area contributed by atoms with Crippen LogP contribution in [0.3, 0.4) is 0 Å². The monoisotopic (exact) mass is 1240 g/mol. The summed E-state index contributed by atoms with van der Waals surface area (Å²) in [6, 6.07) is -0.985. The standard InChI is InChI=1S/C68H125NO18/c1-3-5-7-9-11-12-13-14-15-16-17-18-19-20-21-22-23-24-25-26-27-28-29-30-31-32-33-34-35-36-37-38-40-42-44-46-56(74)69-51(52(73)45-43-41-39-10-8-6-4-2)50-82-66-62(80)59(77)64(54(48-71)84-66)87-68-63(81)60(78)65(55(49-72)85-68)86-67-61(79)58(76)57(75)53(47-70)83-67/h8,10,16-17,43,45,51-55,57-68,70-73,75-81H,3-7,9,11-15,18-42,44,46-50H2,1-2H3,(H,69,74)/b10-8+,17-16-,45-43+. The maximum absolute atomic E-state index is 13.3. The molecule has 0 radical (unpaired) electrons. The minimum absolute atomic E-state index is 0.238. The second-order valence-electron chi connectivity index (χ2n) is 25.0. The van der Waals surface area contributed by atoms with Gasteiger partial charge in [-0.3, -0.25) is 4.79 Å². The second kappa shape index (κ2) is 50.6. The molecule has 3 heterocycles. The zero-order chi connectivity index (χ0) is 63.3. The first-order valence-corrected chi connectivity index (χ1v) is 34.7. The van der Waals surface area contributed by atoms with Crippen molar-refractivity contribution in [3.8, 4) is 0 Å². The number of hydrogen-bond acceptors (Lipinski definition) is 18. The first-order valence-electron chi connectivity index (χ1n) is 34.7. The molecule has 3 saturated heterocycles. The van der Waals surface area contributed by atoms with Crippen LogP contribution < -0.4 is 5.32 Å².